The molecule has 0 saturated carbocycles. The molecule has 2 heterocycles. The fourth-order valence-corrected chi connectivity index (χ4v) is 1.69. The molecule has 0 saturated heterocycles. The van der Waals surface area contributed by atoms with Gasteiger partial charge in [0.15, 0.2) is 0 Å². The van der Waals surface area contributed by atoms with Gasteiger partial charge in [0, 0.05) is 5.75 Å². The summed E-state index contributed by atoms with van der Waals surface area (Å²) in [5.74, 6) is -3.23. The predicted octanol–water partition coefficient (Wildman–Crippen LogP) is -0.691. The van der Waals surface area contributed by atoms with Gasteiger partial charge in [-0.3, -0.25) is 9.97 Å². The number of carbonyl (C=O) groups excluding carboxylic acids is 1. The summed E-state index contributed by atoms with van der Waals surface area (Å²) in [6, 6.07) is 0. The maximum Gasteiger partial charge on any atom is 0.430 e. The van der Waals surface area contributed by atoms with Crippen molar-refractivity contribution in [3.05, 3.63) is 37.4 Å². The minimum absolute atomic E-state index is 0.219. The SMILES string of the molecule is CCCCS(=O)(=O)[O-].C[n+]1cc[nH]c1.C[n+]1cc[nH]c1.O=C([O-])C(F)(F)F. The number of carboxylic acids is 1. The molecule has 2 N–H and O–H groups in total. The number of carbonyl (C=O) groups is 1. The van der Waals surface area contributed by atoms with Crippen molar-refractivity contribution < 1.29 is 45.2 Å². The lowest BCUT2D eigenvalue weighted by atomic mass is 10.4. The van der Waals surface area contributed by atoms with E-state index in [9.17, 15) is 26.1 Å². The number of nitrogens with one attached hydrogen (secondary N) is 2. The van der Waals surface area contributed by atoms with Crippen LogP contribution in [0, 0.1) is 0 Å². The van der Waals surface area contributed by atoms with Crippen LogP contribution in [0.5, 0.6) is 0 Å². The van der Waals surface area contributed by atoms with Crippen LogP contribution in [0.2, 0.25) is 0 Å². The Morgan fingerprint density at radius 1 is 1.07 bits per heavy atom. The molecule has 2 rings (SSSR count). The molecule has 0 bridgehead atoms. The van der Waals surface area contributed by atoms with E-state index in [-0.39, 0.29) is 5.75 Å². The average Bonchev–Trinajstić information content (AvgIpc) is 3.19. The van der Waals surface area contributed by atoms with E-state index in [1.807, 2.05) is 67.6 Å². The molecule has 156 valence electrons. The van der Waals surface area contributed by atoms with Crippen LogP contribution in [-0.2, 0) is 29.0 Å². The lowest BCUT2D eigenvalue weighted by Crippen LogP contribution is -2.37. The second kappa shape index (κ2) is 13.7. The van der Waals surface area contributed by atoms with Gasteiger partial charge >= 0.3 is 6.18 Å². The summed E-state index contributed by atoms with van der Waals surface area (Å²) in [6.45, 7) is 1.84. The van der Waals surface area contributed by atoms with E-state index in [2.05, 4.69) is 9.97 Å². The number of aromatic nitrogens is 4. The summed E-state index contributed by atoms with van der Waals surface area (Å²) in [5.41, 5.74) is 0. The van der Waals surface area contributed by atoms with E-state index in [1.165, 1.54) is 0 Å². The molecule has 13 heteroatoms. The smallest absolute Gasteiger partial charge is 0.430 e. The molecular formula is C14H23F3N4O5S. The highest BCUT2D eigenvalue weighted by molar-refractivity contribution is 7.85. The van der Waals surface area contributed by atoms with E-state index in [1.54, 1.807) is 0 Å². The van der Waals surface area contributed by atoms with Crippen LogP contribution in [0.15, 0.2) is 37.4 Å². The van der Waals surface area contributed by atoms with Crippen LogP contribution in [0.1, 0.15) is 19.8 Å². The fourth-order valence-electron chi connectivity index (χ4n) is 1.05. The van der Waals surface area contributed by atoms with Gasteiger partial charge < -0.3 is 14.5 Å². The predicted molar refractivity (Wildman–Crippen MR) is 84.5 cm³/mol. The number of rotatable bonds is 3. The molecule has 9 nitrogen and oxygen atoms in total. The maximum absolute atomic E-state index is 10.5. The number of halogens is 3. The van der Waals surface area contributed by atoms with E-state index >= 15 is 0 Å². The zero-order valence-electron chi connectivity index (χ0n) is 15.1. The molecule has 27 heavy (non-hydrogen) atoms. The quantitative estimate of drug-likeness (QED) is 0.504. The Morgan fingerprint density at radius 2 is 1.44 bits per heavy atom. The van der Waals surface area contributed by atoms with Gasteiger partial charge in [0.2, 0.25) is 12.7 Å². The number of carboxylic acid groups (broad SMARTS) is 1. The Bertz CT molecular complexity index is 669. The van der Waals surface area contributed by atoms with Gasteiger partial charge in [0.1, 0.15) is 30.8 Å². The largest absolute Gasteiger partial charge is 0.748 e. The van der Waals surface area contributed by atoms with Gasteiger partial charge in [-0.25, -0.2) is 17.6 Å². The number of aliphatic carboxylic acids is 1. The third-order valence-corrected chi connectivity index (χ3v) is 3.14. The third kappa shape index (κ3) is 21.5. The highest BCUT2D eigenvalue weighted by atomic mass is 32.2. The molecule has 0 atom stereocenters. The summed E-state index contributed by atoms with van der Waals surface area (Å²) in [4.78, 5) is 14.6. The second-order valence-corrected chi connectivity index (χ2v) is 6.48. The topological polar surface area (TPSA) is 137 Å². The average molecular weight is 416 g/mol. The van der Waals surface area contributed by atoms with Crippen molar-refractivity contribution >= 4 is 16.1 Å². The normalized spacial score (nSPS) is 10.3. The number of unbranched alkanes of at least 4 members (excludes halogenated alkanes) is 1. The summed E-state index contributed by atoms with van der Waals surface area (Å²) < 4.78 is 64.9. The van der Waals surface area contributed by atoms with Crippen molar-refractivity contribution in [2.24, 2.45) is 14.1 Å². The van der Waals surface area contributed by atoms with Crippen LogP contribution in [0.25, 0.3) is 0 Å². The van der Waals surface area contributed by atoms with E-state index < -0.39 is 22.3 Å². The van der Waals surface area contributed by atoms with Crippen molar-refractivity contribution in [3.8, 4) is 0 Å². The molecule has 0 aromatic carbocycles. The Hall–Kier alpha value is -2.41. The van der Waals surface area contributed by atoms with Crippen molar-refractivity contribution in [1.82, 2.24) is 9.97 Å². The number of aryl methyl sites for hydroxylation is 2. The highest BCUT2D eigenvalue weighted by Gasteiger charge is 2.28. The number of imidazole rings is 2. The molecular weight excluding hydrogens is 393 g/mol. The molecule has 2 aromatic rings. The number of alkyl halides is 3. The van der Waals surface area contributed by atoms with Gasteiger partial charge in [0.25, 0.3) is 0 Å². The zero-order valence-corrected chi connectivity index (χ0v) is 15.9. The van der Waals surface area contributed by atoms with Gasteiger partial charge in [-0.1, -0.05) is 13.3 Å². The van der Waals surface area contributed by atoms with E-state index in [4.69, 9.17) is 9.90 Å². The van der Waals surface area contributed by atoms with Gasteiger partial charge in [-0.2, -0.15) is 13.2 Å². The minimum Gasteiger partial charge on any atom is -0.748 e. The molecule has 0 aliphatic rings. The molecule has 0 radical (unpaired) electrons. The molecule has 0 unspecified atom stereocenters. The van der Waals surface area contributed by atoms with Crippen LogP contribution >= 0.6 is 0 Å². The second-order valence-electron chi connectivity index (χ2n) is 4.95. The number of hydrogen-bond donors (Lipinski definition) is 2. The number of aromatic amines is 2. The monoisotopic (exact) mass is 416 g/mol. The van der Waals surface area contributed by atoms with Crippen molar-refractivity contribution in [2.75, 3.05) is 5.75 Å². The molecule has 0 spiro atoms. The Kier molecular flexibility index (Phi) is 13.7. The molecule has 0 aliphatic heterocycles. The Labute approximate surface area is 155 Å². The number of nitrogens with zero attached hydrogens (tertiary/aromatic N) is 2. The number of hydrogen-bond acceptors (Lipinski definition) is 5. The van der Waals surface area contributed by atoms with Crippen molar-refractivity contribution in [2.45, 2.75) is 25.9 Å². The Balaban J connectivity index is 0. The Morgan fingerprint density at radius 3 is 1.52 bits per heavy atom. The zero-order chi connectivity index (χ0) is 21.5. The van der Waals surface area contributed by atoms with Crippen molar-refractivity contribution in [1.29, 1.82) is 0 Å². The summed E-state index contributed by atoms with van der Waals surface area (Å²) >= 11 is 0. The summed E-state index contributed by atoms with van der Waals surface area (Å²) in [5, 5.41) is 8.78. The fraction of sp³-hybridized carbons (Fsp3) is 0.500. The standard InChI is InChI=1S/2C4H6N2.C4H10O3S.C2HF3O2/c2*1-6-3-2-5-4-6;1-2-3-4-8(5,6)7;3-2(4,5)1(6)7/h2*2-4H,1H3;2-4H2,1H3,(H,5,6,7);(H,6,7). The lowest BCUT2D eigenvalue weighted by Gasteiger charge is -2.03. The van der Waals surface area contributed by atoms with Gasteiger partial charge in [-0.15, -0.1) is 0 Å². The van der Waals surface area contributed by atoms with Crippen LogP contribution in [-0.4, -0.2) is 40.8 Å². The molecule has 0 aliphatic carbocycles. The van der Waals surface area contributed by atoms with E-state index in [0.717, 1.165) is 6.42 Å². The number of H-pyrrole nitrogens is 2. The van der Waals surface area contributed by atoms with Crippen LogP contribution in [0.3, 0.4) is 0 Å². The summed E-state index contributed by atoms with van der Waals surface area (Å²) in [6.07, 6.45) is 7.42. The van der Waals surface area contributed by atoms with E-state index in [0.29, 0.717) is 6.42 Å². The first kappa shape index (κ1) is 26.8. The first-order chi connectivity index (χ1) is 12.3. The maximum atomic E-state index is 10.5. The van der Waals surface area contributed by atoms with Crippen LogP contribution in [0.4, 0.5) is 13.2 Å². The highest BCUT2D eigenvalue weighted by Crippen LogP contribution is 2.11. The van der Waals surface area contributed by atoms with Gasteiger partial charge in [-0.05, 0) is 6.42 Å². The molecule has 0 amide bonds. The van der Waals surface area contributed by atoms with Crippen LogP contribution < -0.4 is 14.2 Å². The minimum atomic E-state index is -5.19. The lowest BCUT2D eigenvalue weighted by molar-refractivity contribution is -0.670. The summed E-state index contributed by atoms with van der Waals surface area (Å²) in [7, 11) is 0.00123. The van der Waals surface area contributed by atoms with Crippen molar-refractivity contribution in [3.63, 3.8) is 0 Å². The first-order valence-electron chi connectivity index (χ1n) is 7.47. The molecule has 2 aromatic heterocycles. The van der Waals surface area contributed by atoms with Gasteiger partial charge in [0.05, 0.1) is 24.2 Å². The third-order valence-electron chi connectivity index (χ3n) is 2.35. The first-order valence-corrected chi connectivity index (χ1v) is 9.05. The molecule has 0 fully saturated rings.